The molecule has 0 radical (unpaired) electrons. The van der Waals surface area contributed by atoms with E-state index in [1.807, 2.05) is 19.1 Å². The molecule has 98 valence electrons. The van der Waals surface area contributed by atoms with Crippen molar-refractivity contribution in [1.29, 1.82) is 0 Å². The van der Waals surface area contributed by atoms with Crippen LogP contribution in [0, 0.1) is 0 Å². The first-order valence-corrected chi connectivity index (χ1v) is 5.79. The molecule has 0 saturated heterocycles. The number of primary amides is 1. The van der Waals surface area contributed by atoms with Crippen LogP contribution in [0.2, 0.25) is 0 Å². The summed E-state index contributed by atoms with van der Waals surface area (Å²) in [5.74, 6) is -0.177. The highest BCUT2D eigenvalue weighted by Crippen LogP contribution is 2.08. The summed E-state index contributed by atoms with van der Waals surface area (Å²) in [4.78, 5) is 22.1. The van der Waals surface area contributed by atoms with Gasteiger partial charge in [0.25, 0.3) is 5.91 Å². The van der Waals surface area contributed by atoms with Crippen LogP contribution in [-0.2, 0) is 0 Å². The molecule has 3 amide bonds. The molecule has 6 heteroatoms. The van der Waals surface area contributed by atoms with Crippen LogP contribution in [0.4, 0.5) is 10.5 Å². The predicted molar refractivity (Wildman–Crippen MR) is 70.5 cm³/mol. The van der Waals surface area contributed by atoms with Gasteiger partial charge in [-0.3, -0.25) is 4.79 Å². The molecule has 0 bridgehead atoms. The number of nitrogens with one attached hydrogen (secondary N) is 3. The van der Waals surface area contributed by atoms with Crippen LogP contribution in [0.15, 0.2) is 24.3 Å². The van der Waals surface area contributed by atoms with Crippen molar-refractivity contribution in [3.8, 4) is 0 Å². The minimum absolute atomic E-state index is 0.177. The van der Waals surface area contributed by atoms with Gasteiger partial charge in [0.1, 0.15) is 0 Å². The van der Waals surface area contributed by atoms with Crippen molar-refractivity contribution in [3.63, 3.8) is 0 Å². The standard InChI is InChI=1S/C12H18N4O2/c1-2-14-10-5-3-9(4-6-10)11(17)15-7-8-16-12(13)18/h3-6,14H,2,7-8H2,1H3,(H,15,17)(H3,13,16,18). The van der Waals surface area contributed by atoms with E-state index in [4.69, 9.17) is 5.73 Å². The number of rotatable bonds is 6. The molecule has 1 rings (SSSR count). The molecule has 0 aromatic heterocycles. The number of hydrogen-bond acceptors (Lipinski definition) is 3. The molecule has 1 aromatic carbocycles. The number of carbonyl (C=O) groups excluding carboxylic acids is 2. The van der Waals surface area contributed by atoms with E-state index in [1.54, 1.807) is 12.1 Å². The number of nitrogens with two attached hydrogens (primary N) is 1. The third-order valence-electron chi connectivity index (χ3n) is 2.24. The SMILES string of the molecule is CCNc1ccc(C(=O)NCCNC(N)=O)cc1. The van der Waals surface area contributed by atoms with Gasteiger partial charge in [-0.05, 0) is 31.2 Å². The van der Waals surface area contributed by atoms with Crippen LogP contribution in [0.5, 0.6) is 0 Å². The molecule has 0 unspecified atom stereocenters. The molecule has 0 spiro atoms. The fourth-order valence-electron chi connectivity index (χ4n) is 1.41. The Morgan fingerprint density at radius 1 is 1.11 bits per heavy atom. The Kier molecular flexibility index (Phi) is 5.50. The van der Waals surface area contributed by atoms with Crippen molar-refractivity contribution in [2.24, 2.45) is 5.73 Å². The fourth-order valence-corrected chi connectivity index (χ4v) is 1.41. The van der Waals surface area contributed by atoms with Gasteiger partial charge in [-0.1, -0.05) is 0 Å². The topological polar surface area (TPSA) is 96.2 Å². The van der Waals surface area contributed by atoms with Gasteiger partial charge in [-0.15, -0.1) is 0 Å². The van der Waals surface area contributed by atoms with Crippen molar-refractivity contribution >= 4 is 17.6 Å². The van der Waals surface area contributed by atoms with E-state index in [2.05, 4.69) is 16.0 Å². The van der Waals surface area contributed by atoms with Gasteiger partial charge in [-0.2, -0.15) is 0 Å². The molecule has 5 N–H and O–H groups in total. The first kappa shape index (κ1) is 13.8. The average molecular weight is 250 g/mol. The Balaban J connectivity index is 2.39. The smallest absolute Gasteiger partial charge is 0.312 e. The summed E-state index contributed by atoms with van der Waals surface area (Å²) in [5, 5.41) is 8.21. The second kappa shape index (κ2) is 7.16. The van der Waals surface area contributed by atoms with Crippen molar-refractivity contribution in [1.82, 2.24) is 10.6 Å². The van der Waals surface area contributed by atoms with Gasteiger partial charge in [0.05, 0.1) is 0 Å². The van der Waals surface area contributed by atoms with E-state index in [0.717, 1.165) is 12.2 Å². The third-order valence-corrected chi connectivity index (χ3v) is 2.24. The Labute approximate surface area is 106 Å². The normalized spacial score (nSPS) is 9.61. The second-order valence-electron chi connectivity index (χ2n) is 3.65. The van der Waals surface area contributed by atoms with Gasteiger partial charge < -0.3 is 21.7 Å². The summed E-state index contributed by atoms with van der Waals surface area (Å²) < 4.78 is 0. The second-order valence-corrected chi connectivity index (χ2v) is 3.65. The molecule has 0 aliphatic heterocycles. The van der Waals surface area contributed by atoms with Crippen LogP contribution < -0.4 is 21.7 Å². The summed E-state index contributed by atoms with van der Waals surface area (Å²) >= 11 is 0. The van der Waals surface area contributed by atoms with Crippen molar-refractivity contribution in [3.05, 3.63) is 29.8 Å². The molecule has 0 aliphatic rings. The lowest BCUT2D eigenvalue weighted by atomic mass is 10.2. The number of benzene rings is 1. The number of amides is 3. The highest BCUT2D eigenvalue weighted by atomic mass is 16.2. The van der Waals surface area contributed by atoms with E-state index in [0.29, 0.717) is 18.7 Å². The maximum atomic E-state index is 11.7. The quantitative estimate of drug-likeness (QED) is 0.554. The van der Waals surface area contributed by atoms with E-state index in [-0.39, 0.29) is 5.91 Å². The van der Waals surface area contributed by atoms with Crippen molar-refractivity contribution < 1.29 is 9.59 Å². The van der Waals surface area contributed by atoms with E-state index in [9.17, 15) is 9.59 Å². The monoisotopic (exact) mass is 250 g/mol. The lowest BCUT2D eigenvalue weighted by Crippen LogP contribution is -2.37. The fraction of sp³-hybridized carbons (Fsp3) is 0.333. The van der Waals surface area contributed by atoms with Crippen LogP contribution in [-0.4, -0.2) is 31.6 Å². The number of carbonyl (C=O) groups is 2. The molecule has 0 atom stereocenters. The largest absolute Gasteiger partial charge is 0.385 e. The van der Waals surface area contributed by atoms with Crippen LogP contribution >= 0.6 is 0 Å². The van der Waals surface area contributed by atoms with Crippen LogP contribution in [0.25, 0.3) is 0 Å². The zero-order valence-electron chi connectivity index (χ0n) is 10.3. The molecule has 0 fully saturated rings. The number of anilines is 1. The Bertz CT molecular complexity index is 403. The van der Waals surface area contributed by atoms with Crippen LogP contribution in [0.1, 0.15) is 17.3 Å². The molecular formula is C12H18N4O2. The summed E-state index contributed by atoms with van der Waals surface area (Å²) in [6.07, 6.45) is 0. The van der Waals surface area contributed by atoms with Crippen molar-refractivity contribution in [2.75, 3.05) is 25.0 Å². The summed E-state index contributed by atoms with van der Waals surface area (Å²) in [6.45, 7) is 3.50. The molecule has 0 heterocycles. The highest BCUT2D eigenvalue weighted by molar-refractivity contribution is 5.94. The summed E-state index contributed by atoms with van der Waals surface area (Å²) in [5.41, 5.74) is 6.45. The molecule has 1 aromatic rings. The summed E-state index contributed by atoms with van der Waals surface area (Å²) in [7, 11) is 0. The zero-order valence-corrected chi connectivity index (χ0v) is 10.3. The van der Waals surface area contributed by atoms with Gasteiger partial charge in [0, 0.05) is 30.9 Å². The predicted octanol–water partition coefficient (Wildman–Crippen LogP) is 0.516. The lowest BCUT2D eigenvalue weighted by Gasteiger charge is -2.07. The van der Waals surface area contributed by atoms with Gasteiger partial charge in [0.15, 0.2) is 0 Å². The first-order chi connectivity index (χ1) is 8.63. The maximum Gasteiger partial charge on any atom is 0.312 e. The Morgan fingerprint density at radius 2 is 1.72 bits per heavy atom. The first-order valence-electron chi connectivity index (χ1n) is 5.79. The molecule has 18 heavy (non-hydrogen) atoms. The number of hydrogen-bond donors (Lipinski definition) is 4. The molecular weight excluding hydrogens is 232 g/mol. The van der Waals surface area contributed by atoms with Crippen molar-refractivity contribution in [2.45, 2.75) is 6.92 Å². The zero-order chi connectivity index (χ0) is 13.4. The van der Waals surface area contributed by atoms with Crippen LogP contribution in [0.3, 0.4) is 0 Å². The third kappa shape index (κ3) is 4.73. The van der Waals surface area contributed by atoms with Gasteiger partial charge in [-0.25, -0.2) is 4.79 Å². The van der Waals surface area contributed by atoms with Gasteiger partial charge in [0.2, 0.25) is 0 Å². The number of urea groups is 1. The lowest BCUT2D eigenvalue weighted by molar-refractivity contribution is 0.0954. The average Bonchev–Trinajstić information content (AvgIpc) is 2.35. The molecule has 6 nitrogen and oxygen atoms in total. The molecule has 0 aliphatic carbocycles. The maximum absolute atomic E-state index is 11.7. The minimum Gasteiger partial charge on any atom is -0.385 e. The minimum atomic E-state index is -0.598. The highest BCUT2D eigenvalue weighted by Gasteiger charge is 2.04. The molecule has 0 saturated carbocycles. The summed E-state index contributed by atoms with van der Waals surface area (Å²) in [6, 6.07) is 6.59. The van der Waals surface area contributed by atoms with Gasteiger partial charge >= 0.3 is 6.03 Å². The van der Waals surface area contributed by atoms with E-state index >= 15 is 0 Å². The van der Waals surface area contributed by atoms with E-state index < -0.39 is 6.03 Å². The van der Waals surface area contributed by atoms with E-state index in [1.165, 1.54) is 0 Å². The Morgan fingerprint density at radius 3 is 2.28 bits per heavy atom. The Hall–Kier alpha value is -2.24.